The summed E-state index contributed by atoms with van der Waals surface area (Å²) in [6.07, 6.45) is 6.95. The van der Waals surface area contributed by atoms with E-state index >= 15 is 0 Å². The molecule has 0 bridgehead atoms. The summed E-state index contributed by atoms with van der Waals surface area (Å²) in [5, 5.41) is 10.3. The maximum atomic E-state index is 13.6. The van der Waals surface area contributed by atoms with E-state index in [0.29, 0.717) is 30.6 Å². The van der Waals surface area contributed by atoms with Gasteiger partial charge in [0.1, 0.15) is 18.0 Å². The fraction of sp³-hybridized carbons (Fsp3) is 0.471. The Kier molecular flexibility index (Phi) is 10.7. The molecule has 0 radical (unpaired) electrons. The molecule has 2 amide bonds. The fourth-order valence-electron chi connectivity index (χ4n) is 5.57. The molecule has 0 saturated heterocycles. The molecule has 3 aromatic rings. The van der Waals surface area contributed by atoms with Crippen LogP contribution in [0.3, 0.4) is 0 Å². The van der Waals surface area contributed by atoms with E-state index in [2.05, 4.69) is 15.7 Å². The van der Waals surface area contributed by atoms with Crippen LogP contribution in [0.1, 0.15) is 84.0 Å². The van der Waals surface area contributed by atoms with Gasteiger partial charge >= 0.3 is 5.97 Å². The molecule has 2 N–H and O–H groups in total. The largest absolute Gasteiger partial charge is 0.491 e. The van der Waals surface area contributed by atoms with Crippen LogP contribution in [0.2, 0.25) is 0 Å². The maximum absolute atomic E-state index is 13.6. The normalized spacial score (nSPS) is 18.2. The van der Waals surface area contributed by atoms with Crippen LogP contribution in [-0.4, -0.2) is 52.9 Å². The number of aromatic nitrogens is 2. The number of amides is 2. The van der Waals surface area contributed by atoms with Gasteiger partial charge in [-0.05, 0) is 68.7 Å². The number of esters is 1. The van der Waals surface area contributed by atoms with Crippen molar-refractivity contribution >= 4 is 23.5 Å². The lowest BCUT2D eigenvalue weighted by molar-refractivity contribution is -0.116. The molecule has 10 heteroatoms. The van der Waals surface area contributed by atoms with Gasteiger partial charge in [-0.2, -0.15) is 5.10 Å². The van der Waals surface area contributed by atoms with Gasteiger partial charge in [0.15, 0.2) is 5.69 Å². The van der Waals surface area contributed by atoms with E-state index in [1.807, 2.05) is 55.5 Å². The zero-order chi connectivity index (χ0) is 30.9. The minimum absolute atomic E-state index is 0.0367. The van der Waals surface area contributed by atoms with Crippen LogP contribution < -0.4 is 15.4 Å². The number of rotatable bonds is 13. The Morgan fingerprint density at radius 3 is 2.52 bits per heavy atom. The summed E-state index contributed by atoms with van der Waals surface area (Å²) in [5.74, 6) is -0.355. The predicted molar refractivity (Wildman–Crippen MR) is 166 cm³/mol. The molecule has 5 rings (SSSR count). The van der Waals surface area contributed by atoms with Crippen LogP contribution in [0.5, 0.6) is 5.75 Å². The number of benzene rings is 2. The minimum Gasteiger partial charge on any atom is -0.491 e. The van der Waals surface area contributed by atoms with Crippen LogP contribution in [0.25, 0.3) is 0 Å². The van der Waals surface area contributed by atoms with Crippen molar-refractivity contribution in [3.8, 4) is 5.75 Å². The number of hydrogen-bond acceptors (Lipinski definition) is 7. The molecule has 2 aliphatic carbocycles. The number of carbonyl (C=O) groups is 3. The topological polar surface area (TPSA) is 121 Å². The lowest BCUT2D eigenvalue weighted by Crippen LogP contribution is -2.46. The summed E-state index contributed by atoms with van der Waals surface area (Å²) in [6, 6.07) is 16.7. The number of nitrogens with one attached hydrogen (secondary N) is 2. The Morgan fingerprint density at radius 1 is 0.977 bits per heavy atom. The van der Waals surface area contributed by atoms with Crippen LogP contribution in [0.15, 0.2) is 54.6 Å². The van der Waals surface area contributed by atoms with Crippen LogP contribution in [-0.2, 0) is 27.4 Å². The van der Waals surface area contributed by atoms with Gasteiger partial charge < -0.3 is 24.8 Å². The number of hydrogen-bond donors (Lipinski definition) is 2. The van der Waals surface area contributed by atoms with Crippen molar-refractivity contribution in [2.75, 3.05) is 18.5 Å². The van der Waals surface area contributed by atoms with Gasteiger partial charge in [0, 0.05) is 6.07 Å². The average Bonchev–Trinajstić information content (AvgIpc) is 3.41. The molecule has 44 heavy (non-hydrogen) atoms. The van der Waals surface area contributed by atoms with E-state index in [0.717, 1.165) is 49.7 Å². The van der Waals surface area contributed by atoms with Gasteiger partial charge in [0.25, 0.3) is 5.91 Å². The van der Waals surface area contributed by atoms with E-state index in [9.17, 15) is 14.4 Å². The van der Waals surface area contributed by atoms with Crippen molar-refractivity contribution in [2.45, 2.75) is 84.1 Å². The highest BCUT2D eigenvalue weighted by atomic mass is 16.5. The van der Waals surface area contributed by atoms with E-state index in [1.54, 1.807) is 6.92 Å². The van der Waals surface area contributed by atoms with Crippen molar-refractivity contribution in [1.82, 2.24) is 15.1 Å². The van der Waals surface area contributed by atoms with Gasteiger partial charge in [-0.25, -0.2) is 9.48 Å². The Bertz CT molecular complexity index is 1430. The molecule has 1 aromatic heterocycles. The summed E-state index contributed by atoms with van der Waals surface area (Å²) >= 11 is 0. The van der Waals surface area contributed by atoms with Crippen molar-refractivity contribution in [1.29, 1.82) is 0 Å². The molecule has 0 unspecified atom stereocenters. The summed E-state index contributed by atoms with van der Waals surface area (Å²) in [5.41, 5.74) is 2.65. The average molecular weight is 603 g/mol. The van der Waals surface area contributed by atoms with E-state index < -0.39 is 17.8 Å². The van der Waals surface area contributed by atoms with Crippen molar-refractivity contribution in [3.05, 3.63) is 77.1 Å². The highest BCUT2D eigenvalue weighted by Gasteiger charge is 2.30. The van der Waals surface area contributed by atoms with E-state index in [4.69, 9.17) is 14.2 Å². The lowest BCUT2D eigenvalue weighted by atomic mass is 9.86. The molecule has 0 spiro atoms. The molecule has 2 aliphatic rings. The first-order valence-electron chi connectivity index (χ1n) is 15.6. The smallest absolute Gasteiger partial charge is 0.358 e. The van der Waals surface area contributed by atoms with E-state index in [1.165, 1.54) is 17.2 Å². The molecule has 1 heterocycles. The molecule has 0 aliphatic heterocycles. The SMILES string of the molecule is CCOC(=O)c1cc(C(=O)N[C@H]2CCCC[C@@H]2OCc2ccccc2)n(CC(=O)Nc2cc(C)ccc2OCC2CCC2)n1. The third-order valence-corrected chi connectivity index (χ3v) is 8.22. The maximum Gasteiger partial charge on any atom is 0.358 e. The number of aryl methyl sites for hydroxylation is 1. The summed E-state index contributed by atoms with van der Waals surface area (Å²) in [6.45, 7) is 4.57. The number of carbonyl (C=O) groups excluding carboxylic acids is 3. The third-order valence-electron chi connectivity index (χ3n) is 8.22. The summed E-state index contributed by atoms with van der Waals surface area (Å²) in [4.78, 5) is 39.5. The molecule has 2 atom stereocenters. The van der Waals surface area contributed by atoms with Gasteiger partial charge in [-0.15, -0.1) is 0 Å². The second kappa shape index (κ2) is 15.0. The monoisotopic (exact) mass is 602 g/mol. The van der Waals surface area contributed by atoms with Crippen molar-refractivity contribution in [2.24, 2.45) is 5.92 Å². The molecule has 234 valence electrons. The molecular formula is C34H42N4O6. The highest BCUT2D eigenvalue weighted by molar-refractivity contribution is 5.98. The number of ether oxygens (including phenoxy) is 3. The predicted octanol–water partition coefficient (Wildman–Crippen LogP) is 5.44. The zero-order valence-corrected chi connectivity index (χ0v) is 25.6. The highest BCUT2D eigenvalue weighted by Crippen LogP contribution is 2.31. The van der Waals surface area contributed by atoms with Crippen LogP contribution in [0, 0.1) is 12.8 Å². The quantitative estimate of drug-likeness (QED) is 0.250. The lowest BCUT2D eigenvalue weighted by Gasteiger charge is -2.32. The zero-order valence-electron chi connectivity index (χ0n) is 25.6. The van der Waals surface area contributed by atoms with Gasteiger partial charge in [0.2, 0.25) is 5.91 Å². The molecule has 2 aromatic carbocycles. The first kappa shape index (κ1) is 31.3. The first-order chi connectivity index (χ1) is 21.4. The molecular weight excluding hydrogens is 560 g/mol. The summed E-state index contributed by atoms with van der Waals surface area (Å²) < 4.78 is 18.7. The second-order valence-electron chi connectivity index (χ2n) is 11.6. The van der Waals surface area contributed by atoms with Crippen molar-refractivity contribution in [3.63, 3.8) is 0 Å². The third kappa shape index (κ3) is 8.25. The molecule has 2 saturated carbocycles. The minimum atomic E-state index is -0.659. The van der Waals surface area contributed by atoms with E-state index in [-0.39, 0.29) is 36.7 Å². The summed E-state index contributed by atoms with van der Waals surface area (Å²) in [7, 11) is 0. The Labute approximate surface area is 258 Å². The van der Waals surface area contributed by atoms with Crippen LogP contribution in [0.4, 0.5) is 5.69 Å². The van der Waals surface area contributed by atoms with Gasteiger partial charge in [-0.1, -0.05) is 55.7 Å². The molecule has 2 fully saturated rings. The Balaban J connectivity index is 1.29. The second-order valence-corrected chi connectivity index (χ2v) is 11.6. The van der Waals surface area contributed by atoms with Crippen LogP contribution >= 0.6 is 0 Å². The Morgan fingerprint density at radius 2 is 1.77 bits per heavy atom. The standard InChI is InChI=1S/C34H42N4O6/c1-3-42-34(41)28-19-29(33(40)36-26-14-7-8-15-30(26)43-21-24-10-5-4-6-11-24)38(37-28)20-32(39)35-27-18-23(2)16-17-31(27)44-22-25-12-9-13-25/h4-6,10-11,16-19,25-26,30H,3,7-9,12-15,20-22H2,1-2H3,(H,35,39)(H,36,40)/t26-,30-/m0/s1. The molecule has 10 nitrogen and oxygen atoms in total. The van der Waals surface area contributed by atoms with Gasteiger partial charge in [0.05, 0.1) is 37.7 Å². The first-order valence-corrected chi connectivity index (χ1v) is 15.6. The van der Waals surface area contributed by atoms with Gasteiger partial charge in [-0.3, -0.25) is 9.59 Å². The number of anilines is 1. The number of nitrogens with zero attached hydrogens (tertiary/aromatic N) is 2. The fourth-order valence-corrected chi connectivity index (χ4v) is 5.57. The van der Waals surface area contributed by atoms with Crippen molar-refractivity contribution < 1.29 is 28.6 Å². The Hall–Kier alpha value is -4.18.